The number of aryl methyl sites for hydroxylation is 2. The zero-order chi connectivity index (χ0) is 14.7. The van der Waals surface area contributed by atoms with Gasteiger partial charge in [-0.3, -0.25) is 4.79 Å². The van der Waals surface area contributed by atoms with E-state index in [-0.39, 0.29) is 11.9 Å². The monoisotopic (exact) mass is 379 g/mol. The fourth-order valence-corrected chi connectivity index (χ4v) is 2.67. The van der Waals surface area contributed by atoms with Crippen molar-refractivity contribution < 1.29 is 4.79 Å². The Morgan fingerprint density at radius 3 is 2.45 bits per heavy atom. The van der Waals surface area contributed by atoms with Crippen LogP contribution in [0.15, 0.2) is 42.5 Å². The number of hydrogen-bond donors (Lipinski definition) is 1. The summed E-state index contributed by atoms with van der Waals surface area (Å²) in [6.07, 6.45) is 0. The van der Waals surface area contributed by atoms with E-state index in [0.29, 0.717) is 0 Å². The molecule has 0 fully saturated rings. The van der Waals surface area contributed by atoms with Crippen molar-refractivity contribution in [2.75, 3.05) is 0 Å². The topological polar surface area (TPSA) is 29.1 Å². The minimum absolute atomic E-state index is 0.00203. The third-order valence-electron chi connectivity index (χ3n) is 3.50. The normalized spacial score (nSPS) is 12.0. The summed E-state index contributed by atoms with van der Waals surface area (Å²) in [6.45, 7) is 6.19. The van der Waals surface area contributed by atoms with Gasteiger partial charge in [-0.2, -0.15) is 0 Å². The average Bonchev–Trinajstić information content (AvgIpc) is 2.42. The minimum Gasteiger partial charge on any atom is -0.345 e. The van der Waals surface area contributed by atoms with E-state index in [4.69, 9.17) is 0 Å². The molecule has 3 heteroatoms. The fourth-order valence-electron chi connectivity index (χ4n) is 2.04. The number of rotatable bonds is 3. The van der Waals surface area contributed by atoms with Gasteiger partial charge < -0.3 is 5.32 Å². The van der Waals surface area contributed by atoms with Crippen LogP contribution in [0.1, 0.15) is 40.0 Å². The van der Waals surface area contributed by atoms with Crippen LogP contribution in [-0.2, 0) is 0 Å². The predicted molar refractivity (Wildman–Crippen MR) is 91.0 cm³/mol. The Kier molecular flexibility index (Phi) is 4.81. The highest BCUT2D eigenvalue weighted by molar-refractivity contribution is 14.1. The average molecular weight is 379 g/mol. The smallest absolute Gasteiger partial charge is 0.252 e. The second-order valence-corrected chi connectivity index (χ2v) is 6.18. The van der Waals surface area contributed by atoms with E-state index >= 15 is 0 Å². The van der Waals surface area contributed by atoms with Gasteiger partial charge in [0.25, 0.3) is 5.91 Å². The number of nitrogens with one attached hydrogen (secondary N) is 1. The van der Waals surface area contributed by atoms with Crippen molar-refractivity contribution in [2.24, 2.45) is 0 Å². The van der Waals surface area contributed by atoms with Gasteiger partial charge in [0.15, 0.2) is 0 Å². The molecule has 2 rings (SSSR count). The fraction of sp³-hybridized carbons (Fsp3) is 0.235. The summed E-state index contributed by atoms with van der Waals surface area (Å²) in [4.78, 5) is 12.3. The van der Waals surface area contributed by atoms with E-state index in [1.807, 2.05) is 31.2 Å². The molecule has 1 N–H and O–H groups in total. The largest absolute Gasteiger partial charge is 0.345 e. The van der Waals surface area contributed by atoms with Crippen LogP contribution in [0, 0.1) is 17.4 Å². The standard InChI is InChI=1S/C17H18INO/c1-11-8-9-14(10-12(11)2)13(3)19-17(20)15-6-4-5-7-16(15)18/h4-10,13H,1-3H3,(H,19,20)/t13-/m0/s1. The van der Waals surface area contributed by atoms with Gasteiger partial charge in [0.2, 0.25) is 0 Å². The molecule has 0 saturated carbocycles. The molecule has 0 saturated heterocycles. The molecule has 104 valence electrons. The first-order chi connectivity index (χ1) is 9.49. The first kappa shape index (κ1) is 15.0. The lowest BCUT2D eigenvalue weighted by atomic mass is 10.0. The third kappa shape index (κ3) is 3.39. The van der Waals surface area contributed by atoms with E-state index in [2.05, 4.69) is 60.0 Å². The minimum atomic E-state index is -0.0271. The molecule has 0 bridgehead atoms. The van der Waals surface area contributed by atoms with Crippen LogP contribution in [0.5, 0.6) is 0 Å². The van der Waals surface area contributed by atoms with E-state index < -0.39 is 0 Å². The van der Waals surface area contributed by atoms with Gasteiger partial charge in [-0.15, -0.1) is 0 Å². The molecule has 0 spiro atoms. The Bertz CT molecular complexity index is 637. The molecule has 0 aromatic heterocycles. The van der Waals surface area contributed by atoms with Crippen LogP contribution in [0.25, 0.3) is 0 Å². The Labute approximate surface area is 133 Å². The van der Waals surface area contributed by atoms with Gasteiger partial charge in [-0.1, -0.05) is 30.3 Å². The number of halogens is 1. The predicted octanol–water partition coefficient (Wildman–Crippen LogP) is 4.40. The first-order valence-electron chi connectivity index (χ1n) is 6.61. The SMILES string of the molecule is Cc1ccc([C@H](C)NC(=O)c2ccccc2I)cc1C. The molecule has 2 aromatic rings. The number of amides is 1. The van der Waals surface area contributed by atoms with Crippen molar-refractivity contribution in [1.82, 2.24) is 5.32 Å². The van der Waals surface area contributed by atoms with Crippen LogP contribution in [0.3, 0.4) is 0 Å². The summed E-state index contributed by atoms with van der Waals surface area (Å²) in [5, 5.41) is 3.06. The molecular formula is C17H18INO. The number of hydrogen-bond acceptors (Lipinski definition) is 1. The Morgan fingerprint density at radius 2 is 1.80 bits per heavy atom. The maximum Gasteiger partial charge on any atom is 0.252 e. The molecular weight excluding hydrogens is 361 g/mol. The maximum atomic E-state index is 12.3. The quantitative estimate of drug-likeness (QED) is 0.787. The zero-order valence-corrected chi connectivity index (χ0v) is 14.1. The van der Waals surface area contributed by atoms with Crippen molar-refractivity contribution in [1.29, 1.82) is 0 Å². The molecule has 20 heavy (non-hydrogen) atoms. The highest BCUT2D eigenvalue weighted by Crippen LogP contribution is 2.18. The Balaban J connectivity index is 2.15. The molecule has 1 atom stereocenters. The van der Waals surface area contributed by atoms with Crippen LogP contribution < -0.4 is 5.32 Å². The zero-order valence-electron chi connectivity index (χ0n) is 11.9. The van der Waals surface area contributed by atoms with Gasteiger partial charge >= 0.3 is 0 Å². The Hall–Kier alpha value is -1.36. The summed E-state index contributed by atoms with van der Waals surface area (Å²) >= 11 is 2.19. The number of benzene rings is 2. The molecule has 1 amide bonds. The molecule has 0 heterocycles. The lowest BCUT2D eigenvalue weighted by Gasteiger charge is -2.16. The third-order valence-corrected chi connectivity index (χ3v) is 4.44. The molecule has 0 aliphatic rings. The van der Waals surface area contributed by atoms with E-state index in [0.717, 1.165) is 14.7 Å². The van der Waals surface area contributed by atoms with Crippen molar-refractivity contribution >= 4 is 28.5 Å². The summed E-state index contributed by atoms with van der Waals surface area (Å²) < 4.78 is 0.967. The highest BCUT2D eigenvalue weighted by atomic mass is 127. The van der Waals surface area contributed by atoms with Crippen LogP contribution in [-0.4, -0.2) is 5.91 Å². The van der Waals surface area contributed by atoms with E-state index in [9.17, 15) is 4.79 Å². The molecule has 0 aliphatic carbocycles. The number of carbonyl (C=O) groups excluding carboxylic acids is 1. The Morgan fingerprint density at radius 1 is 1.10 bits per heavy atom. The second-order valence-electron chi connectivity index (χ2n) is 5.02. The molecule has 2 nitrogen and oxygen atoms in total. The van der Waals surface area contributed by atoms with E-state index in [1.165, 1.54) is 11.1 Å². The van der Waals surface area contributed by atoms with Gasteiger partial charge in [0, 0.05) is 3.57 Å². The van der Waals surface area contributed by atoms with Crippen molar-refractivity contribution in [3.63, 3.8) is 0 Å². The maximum absolute atomic E-state index is 12.3. The lowest BCUT2D eigenvalue weighted by molar-refractivity contribution is 0.0939. The van der Waals surface area contributed by atoms with Crippen molar-refractivity contribution in [2.45, 2.75) is 26.8 Å². The first-order valence-corrected chi connectivity index (χ1v) is 7.69. The summed E-state index contributed by atoms with van der Waals surface area (Å²) in [5.74, 6) is -0.0271. The van der Waals surface area contributed by atoms with Crippen LogP contribution >= 0.6 is 22.6 Å². The highest BCUT2D eigenvalue weighted by Gasteiger charge is 2.13. The van der Waals surface area contributed by atoms with Crippen LogP contribution in [0.4, 0.5) is 0 Å². The van der Waals surface area contributed by atoms with Crippen LogP contribution in [0.2, 0.25) is 0 Å². The summed E-state index contributed by atoms with van der Waals surface area (Å²) in [5.41, 5.74) is 4.37. The van der Waals surface area contributed by atoms with Gasteiger partial charge in [0.05, 0.1) is 11.6 Å². The van der Waals surface area contributed by atoms with E-state index in [1.54, 1.807) is 0 Å². The molecule has 2 aromatic carbocycles. The summed E-state index contributed by atoms with van der Waals surface area (Å²) in [6, 6.07) is 13.9. The summed E-state index contributed by atoms with van der Waals surface area (Å²) in [7, 11) is 0. The van der Waals surface area contributed by atoms with Gasteiger partial charge in [-0.05, 0) is 72.2 Å². The molecule has 0 unspecified atom stereocenters. The van der Waals surface area contributed by atoms with Gasteiger partial charge in [0.1, 0.15) is 0 Å². The molecule has 0 aliphatic heterocycles. The second kappa shape index (κ2) is 6.39. The molecule has 0 radical (unpaired) electrons. The lowest BCUT2D eigenvalue weighted by Crippen LogP contribution is -2.27. The van der Waals surface area contributed by atoms with Crippen molar-refractivity contribution in [3.05, 3.63) is 68.3 Å². The van der Waals surface area contributed by atoms with Crippen molar-refractivity contribution in [3.8, 4) is 0 Å². The number of carbonyl (C=O) groups is 1. The van der Waals surface area contributed by atoms with Gasteiger partial charge in [-0.25, -0.2) is 0 Å².